The van der Waals surface area contributed by atoms with Crippen molar-refractivity contribution in [3.8, 4) is 0 Å². The highest BCUT2D eigenvalue weighted by molar-refractivity contribution is 6.08. The topological polar surface area (TPSA) is 105 Å². The van der Waals surface area contributed by atoms with Gasteiger partial charge in [-0.15, -0.1) is 0 Å². The third-order valence-corrected chi connectivity index (χ3v) is 4.39. The molecule has 3 aromatic rings. The van der Waals surface area contributed by atoms with Crippen LogP contribution in [-0.4, -0.2) is 31.8 Å². The van der Waals surface area contributed by atoms with E-state index in [0.29, 0.717) is 0 Å². The number of nitrogens with one attached hydrogen (secondary N) is 3. The number of carbonyl (C=O) groups is 2. The minimum absolute atomic E-state index is 0.00443. The smallest absolute Gasteiger partial charge is 0.271 e. The zero-order chi connectivity index (χ0) is 20.4. The van der Waals surface area contributed by atoms with Gasteiger partial charge in [-0.2, -0.15) is 10.2 Å². The number of benzene rings is 1. The maximum atomic E-state index is 13.8. The summed E-state index contributed by atoms with van der Waals surface area (Å²) in [5, 5.41) is 15.5. The Balaban J connectivity index is 1.74. The molecule has 0 aliphatic heterocycles. The average molecular weight is 388 g/mol. The molecule has 0 spiro atoms. The van der Waals surface area contributed by atoms with Crippen LogP contribution in [0, 0.1) is 25.5 Å². The van der Waals surface area contributed by atoms with Crippen LogP contribution in [0.2, 0.25) is 0 Å². The third-order valence-electron chi connectivity index (χ3n) is 4.39. The van der Waals surface area contributed by atoms with E-state index in [2.05, 4.69) is 25.9 Å². The number of aromatic nitrogens is 4. The van der Waals surface area contributed by atoms with Crippen molar-refractivity contribution >= 4 is 17.5 Å². The van der Waals surface area contributed by atoms with Crippen molar-refractivity contribution in [1.82, 2.24) is 25.3 Å². The Morgan fingerprint density at radius 3 is 2.46 bits per heavy atom. The highest BCUT2D eigenvalue weighted by Crippen LogP contribution is 2.18. The molecule has 8 nitrogen and oxygen atoms in total. The Bertz CT molecular complexity index is 1040. The molecule has 3 N–H and O–H groups in total. The highest BCUT2D eigenvalue weighted by Gasteiger charge is 2.21. The van der Waals surface area contributed by atoms with Crippen LogP contribution in [0.5, 0.6) is 0 Å². The van der Waals surface area contributed by atoms with Crippen molar-refractivity contribution in [3.05, 3.63) is 64.2 Å². The Labute approximate surface area is 158 Å². The number of aryl methyl sites for hydroxylation is 2. The summed E-state index contributed by atoms with van der Waals surface area (Å²) in [5.74, 6) is -3.57. The minimum Gasteiger partial charge on any atom is -0.346 e. The largest absolute Gasteiger partial charge is 0.346 e. The number of H-pyrrole nitrogens is 1. The van der Waals surface area contributed by atoms with Crippen LogP contribution in [0.25, 0.3) is 0 Å². The second-order valence-corrected chi connectivity index (χ2v) is 6.17. The van der Waals surface area contributed by atoms with Gasteiger partial charge in [0, 0.05) is 24.8 Å². The van der Waals surface area contributed by atoms with E-state index in [0.717, 1.165) is 35.2 Å². The molecule has 146 valence electrons. The van der Waals surface area contributed by atoms with Crippen molar-refractivity contribution in [1.29, 1.82) is 0 Å². The molecular formula is C18H18F2N6O2. The first kappa shape index (κ1) is 19.2. The molecule has 0 radical (unpaired) electrons. The lowest BCUT2D eigenvalue weighted by atomic mass is 10.1. The highest BCUT2D eigenvalue weighted by atomic mass is 19.1. The van der Waals surface area contributed by atoms with Gasteiger partial charge in [0.1, 0.15) is 22.9 Å². The van der Waals surface area contributed by atoms with E-state index in [1.807, 2.05) is 13.8 Å². The molecule has 2 amide bonds. The molecule has 0 fully saturated rings. The van der Waals surface area contributed by atoms with E-state index < -0.39 is 29.0 Å². The molecule has 0 saturated carbocycles. The number of halogens is 2. The molecule has 1 aromatic carbocycles. The third kappa shape index (κ3) is 3.61. The molecule has 0 atom stereocenters. The number of hydrogen-bond donors (Lipinski definition) is 3. The molecule has 2 heterocycles. The molecule has 2 aromatic heterocycles. The summed E-state index contributed by atoms with van der Waals surface area (Å²) in [5.41, 5.74) is 1.79. The molecule has 0 bridgehead atoms. The van der Waals surface area contributed by atoms with Gasteiger partial charge in [-0.25, -0.2) is 8.78 Å². The van der Waals surface area contributed by atoms with Crippen LogP contribution in [0.15, 0.2) is 24.4 Å². The van der Waals surface area contributed by atoms with Crippen LogP contribution >= 0.6 is 0 Å². The van der Waals surface area contributed by atoms with E-state index in [1.54, 1.807) is 11.7 Å². The Kier molecular flexibility index (Phi) is 5.21. The van der Waals surface area contributed by atoms with Gasteiger partial charge in [0.2, 0.25) is 0 Å². The lowest BCUT2D eigenvalue weighted by Gasteiger charge is -2.08. The number of amides is 2. The predicted octanol–water partition coefficient (Wildman–Crippen LogP) is 2.22. The predicted molar refractivity (Wildman–Crippen MR) is 96.8 cm³/mol. The van der Waals surface area contributed by atoms with E-state index in [4.69, 9.17) is 0 Å². The summed E-state index contributed by atoms with van der Waals surface area (Å²) < 4.78 is 29.2. The average Bonchev–Trinajstić information content (AvgIpc) is 3.18. The minimum atomic E-state index is -1.02. The number of carbonyl (C=O) groups excluding carboxylic acids is 2. The van der Waals surface area contributed by atoms with E-state index in [-0.39, 0.29) is 17.9 Å². The second-order valence-electron chi connectivity index (χ2n) is 6.17. The Morgan fingerprint density at radius 1 is 1.18 bits per heavy atom. The van der Waals surface area contributed by atoms with E-state index in [9.17, 15) is 18.4 Å². The molecule has 3 rings (SSSR count). The fraction of sp³-hybridized carbons (Fsp3) is 0.222. The summed E-state index contributed by atoms with van der Waals surface area (Å²) >= 11 is 0. The van der Waals surface area contributed by atoms with Crippen LogP contribution in [0.4, 0.5) is 14.5 Å². The van der Waals surface area contributed by atoms with Gasteiger partial charge in [0.05, 0.1) is 17.6 Å². The number of rotatable bonds is 5. The molecule has 10 heteroatoms. The van der Waals surface area contributed by atoms with Crippen molar-refractivity contribution in [2.75, 3.05) is 5.32 Å². The number of aromatic amines is 1. The van der Waals surface area contributed by atoms with Gasteiger partial charge < -0.3 is 10.6 Å². The molecule has 0 unspecified atom stereocenters. The lowest BCUT2D eigenvalue weighted by Crippen LogP contribution is -2.25. The van der Waals surface area contributed by atoms with Gasteiger partial charge >= 0.3 is 0 Å². The number of anilines is 1. The molecule has 28 heavy (non-hydrogen) atoms. The summed E-state index contributed by atoms with van der Waals surface area (Å²) in [6.45, 7) is 3.93. The maximum absolute atomic E-state index is 13.8. The van der Waals surface area contributed by atoms with Crippen LogP contribution in [-0.2, 0) is 13.6 Å². The first-order chi connectivity index (χ1) is 13.3. The molecule has 0 aliphatic rings. The van der Waals surface area contributed by atoms with Crippen molar-refractivity contribution in [3.63, 3.8) is 0 Å². The van der Waals surface area contributed by atoms with Crippen molar-refractivity contribution in [2.45, 2.75) is 20.4 Å². The summed E-state index contributed by atoms with van der Waals surface area (Å²) in [7, 11) is 1.80. The van der Waals surface area contributed by atoms with Crippen LogP contribution in [0.3, 0.4) is 0 Å². The number of hydrogen-bond acceptors (Lipinski definition) is 4. The summed E-state index contributed by atoms with van der Waals surface area (Å²) in [6, 6.07) is 3.10. The second kappa shape index (κ2) is 7.59. The quantitative estimate of drug-likeness (QED) is 0.623. The maximum Gasteiger partial charge on any atom is 0.271 e. The molecule has 0 saturated heterocycles. The van der Waals surface area contributed by atoms with Gasteiger partial charge in [-0.05, 0) is 26.0 Å². The van der Waals surface area contributed by atoms with Gasteiger partial charge in [0.25, 0.3) is 11.8 Å². The van der Waals surface area contributed by atoms with Gasteiger partial charge in [-0.3, -0.25) is 19.4 Å². The molecular weight excluding hydrogens is 370 g/mol. The first-order valence-corrected chi connectivity index (χ1v) is 8.35. The van der Waals surface area contributed by atoms with Gasteiger partial charge in [0.15, 0.2) is 0 Å². The number of nitrogens with zero attached hydrogens (tertiary/aromatic N) is 3. The lowest BCUT2D eigenvalue weighted by molar-refractivity contribution is 0.0946. The Morgan fingerprint density at radius 2 is 1.86 bits per heavy atom. The van der Waals surface area contributed by atoms with E-state index in [1.165, 1.54) is 6.20 Å². The SMILES string of the molecule is Cc1nn(C)c(C)c1CNC(=O)c1[nH]ncc1NC(=O)c1c(F)cccc1F. The molecule has 0 aliphatic carbocycles. The van der Waals surface area contributed by atoms with Crippen LogP contribution in [0.1, 0.15) is 37.8 Å². The normalized spacial score (nSPS) is 10.8. The van der Waals surface area contributed by atoms with Crippen LogP contribution < -0.4 is 10.6 Å². The Hall–Kier alpha value is -3.56. The summed E-state index contributed by atoms with van der Waals surface area (Å²) in [6.07, 6.45) is 1.19. The summed E-state index contributed by atoms with van der Waals surface area (Å²) in [4.78, 5) is 24.7. The zero-order valence-electron chi connectivity index (χ0n) is 15.4. The fourth-order valence-corrected chi connectivity index (χ4v) is 2.78. The monoisotopic (exact) mass is 388 g/mol. The fourth-order valence-electron chi connectivity index (χ4n) is 2.78. The van der Waals surface area contributed by atoms with Crippen molar-refractivity contribution < 1.29 is 18.4 Å². The van der Waals surface area contributed by atoms with E-state index >= 15 is 0 Å². The van der Waals surface area contributed by atoms with Crippen molar-refractivity contribution in [2.24, 2.45) is 7.05 Å². The zero-order valence-corrected chi connectivity index (χ0v) is 15.4. The standard InChI is InChI=1S/C18H18F2N6O2/c1-9-11(10(2)26(3)25-9)7-21-18(28)16-14(8-22-24-16)23-17(27)15-12(19)5-4-6-13(15)20/h4-6,8H,7H2,1-3H3,(H,21,28)(H,22,24)(H,23,27). The van der Waals surface area contributed by atoms with Gasteiger partial charge in [-0.1, -0.05) is 6.07 Å². The first-order valence-electron chi connectivity index (χ1n) is 8.35.